The number of nitrogens with one attached hydrogen (secondary N) is 3. The molecule has 1 aromatic rings. The number of thiophene rings is 1. The van der Waals surface area contributed by atoms with E-state index >= 15 is 0 Å². The van der Waals surface area contributed by atoms with Gasteiger partial charge < -0.3 is 10.1 Å². The second-order valence-electron chi connectivity index (χ2n) is 4.08. The van der Waals surface area contributed by atoms with Crippen LogP contribution >= 0.6 is 35.3 Å². The summed E-state index contributed by atoms with van der Waals surface area (Å²) in [6.45, 7) is 2.49. The third-order valence-electron chi connectivity index (χ3n) is 2.17. The first-order chi connectivity index (χ1) is 9.61. The monoisotopic (exact) mass is 333 g/mol. The van der Waals surface area contributed by atoms with E-state index < -0.39 is 0 Å². The molecule has 0 aliphatic heterocycles. The Morgan fingerprint density at radius 3 is 3.00 bits per heavy atom. The molecule has 112 valence electrons. The molecule has 0 unspecified atom stereocenters. The number of hydrogen-bond acceptors (Lipinski definition) is 5. The van der Waals surface area contributed by atoms with Crippen LogP contribution in [0.5, 0.6) is 0 Å². The molecule has 1 aromatic heterocycles. The highest BCUT2D eigenvalue weighted by Gasteiger charge is 2.05. The first-order valence-electron chi connectivity index (χ1n) is 6.06. The maximum atomic E-state index is 11.6. The van der Waals surface area contributed by atoms with Crippen LogP contribution in [-0.2, 0) is 15.3 Å². The number of hydrazine groups is 1. The number of amides is 1. The Labute approximate surface area is 132 Å². The van der Waals surface area contributed by atoms with Crippen molar-refractivity contribution in [3.05, 3.63) is 22.4 Å². The van der Waals surface area contributed by atoms with E-state index in [1.165, 1.54) is 4.88 Å². The molecule has 8 heteroatoms. The van der Waals surface area contributed by atoms with Crippen LogP contribution in [0.2, 0.25) is 0 Å². The maximum absolute atomic E-state index is 11.6. The molecular weight excluding hydrogens is 314 g/mol. The first kappa shape index (κ1) is 17.2. The molecule has 0 saturated heterocycles. The Hall–Kier alpha value is -0.830. The van der Waals surface area contributed by atoms with Crippen molar-refractivity contribution in [3.8, 4) is 0 Å². The standard InChI is InChI=1S/C12H19N3O2S3/c1-9(6-17-2)13-12(18)15-14-11(16)8-19-7-10-4-3-5-20-10/h3-5,9H,6-8H2,1-2H3,(H,14,16)(H2,13,15,18)/t9-/m0/s1. The van der Waals surface area contributed by atoms with Gasteiger partial charge in [0, 0.05) is 23.8 Å². The smallest absolute Gasteiger partial charge is 0.248 e. The van der Waals surface area contributed by atoms with Crippen LogP contribution in [0.15, 0.2) is 17.5 Å². The van der Waals surface area contributed by atoms with E-state index in [0.29, 0.717) is 17.5 Å². The third kappa shape index (κ3) is 7.68. The minimum absolute atomic E-state index is 0.0881. The zero-order chi connectivity index (χ0) is 14.8. The van der Waals surface area contributed by atoms with Crippen molar-refractivity contribution < 1.29 is 9.53 Å². The molecule has 0 spiro atoms. The van der Waals surface area contributed by atoms with Gasteiger partial charge in [0.05, 0.1) is 12.4 Å². The van der Waals surface area contributed by atoms with Gasteiger partial charge >= 0.3 is 0 Å². The predicted molar refractivity (Wildman–Crippen MR) is 88.8 cm³/mol. The third-order valence-corrected chi connectivity index (χ3v) is 4.43. The molecular formula is C12H19N3O2S3. The number of carbonyl (C=O) groups is 1. The molecule has 1 rings (SSSR count). The fraction of sp³-hybridized carbons (Fsp3) is 0.500. The molecule has 0 fully saturated rings. The highest BCUT2D eigenvalue weighted by molar-refractivity contribution is 7.99. The number of hydrogen-bond donors (Lipinski definition) is 3. The quantitative estimate of drug-likeness (QED) is 0.519. The number of thioether (sulfide) groups is 1. The predicted octanol–water partition coefficient (Wildman–Crippen LogP) is 1.51. The SMILES string of the molecule is COC[C@H](C)NC(=S)NNC(=O)CSCc1cccs1. The molecule has 0 aliphatic rings. The summed E-state index contributed by atoms with van der Waals surface area (Å²) < 4.78 is 4.98. The van der Waals surface area contributed by atoms with Crippen molar-refractivity contribution >= 4 is 46.3 Å². The Morgan fingerprint density at radius 2 is 2.35 bits per heavy atom. The van der Waals surface area contributed by atoms with Gasteiger partial charge in [-0.25, -0.2) is 0 Å². The van der Waals surface area contributed by atoms with Crippen LogP contribution in [0, 0.1) is 0 Å². The number of thiocarbonyl (C=S) groups is 1. The lowest BCUT2D eigenvalue weighted by molar-refractivity contribution is -0.119. The van der Waals surface area contributed by atoms with E-state index in [9.17, 15) is 4.79 Å². The minimum atomic E-state index is -0.102. The number of methoxy groups -OCH3 is 1. The maximum Gasteiger partial charge on any atom is 0.248 e. The van der Waals surface area contributed by atoms with Gasteiger partial charge in [0.2, 0.25) is 5.91 Å². The summed E-state index contributed by atoms with van der Waals surface area (Å²) in [6.07, 6.45) is 0. The lowest BCUT2D eigenvalue weighted by Gasteiger charge is -2.16. The van der Waals surface area contributed by atoms with Gasteiger partial charge in [0.1, 0.15) is 0 Å². The van der Waals surface area contributed by atoms with Crippen LogP contribution in [0.1, 0.15) is 11.8 Å². The van der Waals surface area contributed by atoms with Crippen molar-refractivity contribution in [1.29, 1.82) is 0 Å². The van der Waals surface area contributed by atoms with Gasteiger partial charge in [0.25, 0.3) is 0 Å². The summed E-state index contributed by atoms with van der Waals surface area (Å²) in [5.41, 5.74) is 5.23. The molecule has 0 aliphatic carbocycles. The van der Waals surface area contributed by atoms with Crippen molar-refractivity contribution in [1.82, 2.24) is 16.2 Å². The highest BCUT2D eigenvalue weighted by Crippen LogP contribution is 2.16. The lowest BCUT2D eigenvalue weighted by atomic mass is 10.4. The topological polar surface area (TPSA) is 62.4 Å². The Kier molecular flexibility index (Phi) is 8.59. The van der Waals surface area contributed by atoms with Crippen molar-refractivity contribution in [2.45, 2.75) is 18.7 Å². The number of ether oxygens (including phenoxy) is 1. The molecule has 0 aromatic carbocycles. The number of carbonyl (C=O) groups excluding carboxylic acids is 1. The van der Waals surface area contributed by atoms with E-state index in [1.54, 1.807) is 30.2 Å². The zero-order valence-electron chi connectivity index (χ0n) is 11.5. The van der Waals surface area contributed by atoms with Gasteiger partial charge in [-0.2, -0.15) is 0 Å². The molecule has 1 amide bonds. The first-order valence-corrected chi connectivity index (χ1v) is 8.50. The fourth-order valence-corrected chi connectivity index (χ4v) is 3.27. The minimum Gasteiger partial charge on any atom is -0.383 e. The Bertz CT molecular complexity index is 412. The van der Waals surface area contributed by atoms with Gasteiger partial charge in [-0.3, -0.25) is 15.6 Å². The molecule has 0 saturated carbocycles. The molecule has 0 bridgehead atoms. The molecule has 1 heterocycles. The summed E-state index contributed by atoms with van der Waals surface area (Å²) in [6, 6.07) is 4.16. The molecule has 0 radical (unpaired) electrons. The molecule has 5 nitrogen and oxygen atoms in total. The van der Waals surface area contributed by atoms with Gasteiger partial charge in [-0.05, 0) is 30.6 Å². The Balaban J connectivity index is 2.08. The average Bonchev–Trinajstić information content (AvgIpc) is 2.90. The second kappa shape index (κ2) is 9.98. The fourth-order valence-electron chi connectivity index (χ4n) is 1.35. The average molecular weight is 334 g/mol. The van der Waals surface area contributed by atoms with Crippen molar-refractivity contribution in [2.24, 2.45) is 0 Å². The summed E-state index contributed by atoms with van der Waals surface area (Å²) >= 11 is 8.30. The van der Waals surface area contributed by atoms with E-state index in [1.807, 2.05) is 18.4 Å². The van der Waals surface area contributed by atoms with Gasteiger partial charge in [0.15, 0.2) is 5.11 Å². The van der Waals surface area contributed by atoms with E-state index in [0.717, 1.165) is 5.75 Å². The summed E-state index contributed by atoms with van der Waals surface area (Å²) in [5, 5.41) is 5.40. The number of rotatable bonds is 7. The second-order valence-corrected chi connectivity index (χ2v) is 6.50. The normalized spacial score (nSPS) is 11.7. The van der Waals surface area contributed by atoms with Crippen LogP contribution in [0.25, 0.3) is 0 Å². The van der Waals surface area contributed by atoms with Crippen LogP contribution < -0.4 is 16.2 Å². The highest BCUT2D eigenvalue weighted by atomic mass is 32.2. The molecule has 3 N–H and O–H groups in total. The van der Waals surface area contributed by atoms with E-state index in [4.69, 9.17) is 17.0 Å². The van der Waals surface area contributed by atoms with Crippen LogP contribution in [0.4, 0.5) is 0 Å². The zero-order valence-corrected chi connectivity index (χ0v) is 13.9. The Morgan fingerprint density at radius 1 is 1.55 bits per heavy atom. The molecule has 20 heavy (non-hydrogen) atoms. The van der Waals surface area contributed by atoms with Gasteiger partial charge in [-0.1, -0.05) is 6.07 Å². The van der Waals surface area contributed by atoms with Crippen molar-refractivity contribution in [3.63, 3.8) is 0 Å². The molecule has 1 atom stereocenters. The van der Waals surface area contributed by atoms with E-state index in [2.05, 4.69) is 22.2 Å². The van der Waals surface area contributed by atoms with Crippen LogP contribution in [0.3, 0.4) is 0 Å². The van der Waals surface area contributed by atoms with Crippen molar-refractivity contribution in [2.75, 3.05) is 19.5 Å². The summed E-state index contributed by atoms with van der Waals surface area (Å²) in [4.78, 5) is 12.8. The lowest BCUT2D eigenvalue weighted by Crippen LogP contribution is -2.50. The largest absolute Gasteiger partial charge is 0.383 e. The van der Waals surface area contributed by atoms with Crippen LogP contribution in [-0.4, -0.2) is 36.5 Å². The van der Waals surface area contributed by atoms with Gasteiger partial charge in [-0.15, -0.1) is 23.1 Å². The summed E-state index contributed by atoms with van der Waals surface area (Å²) in [7, 11) is 1.63. The summed E-state index contributed by atoms with van der Waals surface area (Å²) in [5.74, 6) is 1.13. The van der Waals surface area contributed by atoms with E-state index in [-0.39, 0.29) is 11.9 Å².